The molecular weight excluding hydrogens is 1460 g/mol. The van der Waals surface area contributed by atoms with Gasteiger partial charge in [0.2, 0.25) is 17.6 Å². The molecule has 3 amide bonds. The molecule has 9 aromatic heterocycles. The highest BCUT2D eigenvalue weighted by Crippen LogP contribution is 2.39. The topological polar surface area (TPSA) is 316 Å². The highest BCUT2D eigenvalue weighted by atomic mass is 19.1. The molecule has 12 heterocycles. The van der Waals surface area contributed by atoms with Crippen molar-refractivity contribution in [3.63, 3.8) is 0 Å². The monoisotopic (exact) mass is 1550 g/mol. The van der Waals surface area contributed by atoms with Crippen LogP contribution in [0.2, 0.25) is 0 Å². The van der Waals surface area contributed by atoms with Crippen molar-refractivity contribution in [1.29, 1.82) is 0 Å². The molecule has 114 heavy (non-hydrogen) atoms. The van der Waals surface area contributed by atoms with Gasteiger partial charge in [-0.05, 0) is 146 Å². The number of aryl methyl sites for hydroxylation is 3. The van der Waals surface area contributed by atoms with Gasteiger partial charge >= 0.3 is 0 Å². The molecule has 0 atom stereocenters. The molecule has 3 fully saturated rings. The van der Waals surface area contributed by atoms with E-state index in [4.69, 9.17) is 14.2 Å². The van der Waals surface area contributed by atoms with E-state index in [0.717, 1.165) is 119 Å². The lowest BCUT2D eigenvalue weighted by atomic mass is 10.2. The van der Waals surface area contributed by atoms with E-state index in [-0.39, 0.29) is 86.8 Å². The summed E-state index contributed by atoms with van der Waals surface area (Å²) in [5, 5.41) is 13.9. The molecule has 3 aliphatic rings. The second-order valence-corrected chi connectivity index (χ2v) is 27.9. The molecule has 594 valence electrons. The average molecular weight is 1560 g/mol. The molecule has 3 saturated heterocycles. The van der Waals surface area contributed by atoms with Gasteiger partial charge in [0.05, 0.1) is 35.7 Å². The van der Waals surface area contributed by atoms with E-state index < -0.39 is 17.5 Å². The molecule has 12 aromatic rings. The largest absolute Gasteiger partial charge is 0.435 e. The predicted octanol–water partition coefficient (Wildman–Crippen LogP) is 12.6. The van der Waals surface area contributed by atoms with Gasteiger partial charge in [-0.1, -0.05) is 6.92 Å². The Morgan fingerprint density at radius 1 is 0.421 bits per heavy atom. The summed E-state index contributed by atoms with van der Waals surface area (Å²) in [5.41, 5.74) is 7.82. The maximum Gasteiger partial charge on any atom is 0.262 e. The van der Waals surface area contributed by atoms with Crippen LogP contribution in [0.4, 0.5) is 65.1 Å². The summed E-state index contributed by atoms with van der Waals surface area (Å²) in [6.45, 7) is 27.2. The number of nitrogens with one attached hydrogen (secondary N) is 7. The molecule has 30 nitrogen and oxygen atoms in total. The number of aromatic nitrogens is 12. The van der Waals surface area contributed by atoms with E-state index in [0.29, 0.717) is 69.8 Å². The third-order valence-electron chi connectivity index (χ3n) is 20.2. The van der Waals surface area contributed by atoms with Gasteiger partial charge in [-0.2, -0.15) is 0 Å². The second kappa shape index (κ2) is 35.7. The lowest BCUT2D eigenvalue weighted by molar-refractivity contribution is 0.0791. The number of likely N-dealkylation sites (N-methyl/N-ethyl adjacent to an activating group) is 2. The summed E-state index contributed by atoms with van der Waals surface area (Å²) in [6, 6.07) is 26.3. The Labute approximate surface area is 657 Å². The number of anilines is 9. The van der Waals surface area contributed by atoms with Crippen molar-refractivity contribution >= 4 is 102 Å². The lowest BCUT2D eigenvalue weighted by Gasteiger charge is -2.35. The number of pyridine rings is 3. The van der Waals surface area contributed by atoms with Gasteiger partial charge in [0.25, 0.3) is 17.7 Å². The summed E-state index contributed by atoms with van der Waals surface area (Å²) in [7, 11) is 7.12. The number of piperazine rings is 3. The second-order valence-electron chi connectivity index (χ2n) is 27.9. The number of benzene rings is 3. The van der Waals surface area contributed by atoms with Crippen LogP contribution in [0.15, 0.2) is 129 Å². The zero-order chi connectivity index (χ0) is 80.3. The number of fused-ring (bicyclic) bond motifs is 3. The SMILES string of the molecule is CCN(C)C(=O)c1c(Nc2ccc(N3CCN(C)CC3)cn2)ncnc1Oc1ccc2[nH]c(C)cc2c1F.CCN(C)C(=O)c1c(Nc2ccc(N3CCNCC3)cn2)ncnc1Oc1ccc2[nH]c(C)cc2c1F.CCN1CCN(c2ccc(Nc3ncnc(Oc4ccc5[nH]c(C)cc5c4F)c3C(=O)N(C)CC)nc2)CC1. The fraction of sp³-hybridized carbons (Fsp3) is 0.333. The summed E-state index contributed by atoms with van der Waals surface area (Å²) < 4.78 is 63.5. The van der Waals surface area contributed by atoms with Crippen LogP contribution in [0.5, 0.6) is 34.9 Å². The number of carbonyl (C=O) groups is 3. The summed E-state index contributed by atoms with van der Waals surface area (Å²) in [5.74, 6) is -0.770. The minimum absolute atomic E-state index is 0.0370. The normalized spacial score (nSPS) is 13.9. The number of ether oxygens (including phenoxy) is 3. The summed E-state index contributed by atoms with van der Waals surface area (Å²) in [4.78, 5) is 105. The number of carbonyl (C=O) groups excluding carboxylic acids is 3. The van der Waals surface area contributed by atoms with Crippen LogP contribution in [0.25, 0.3) is 32.7 Å². The molecule has 0 saturated carbocycles. The zero-order valence-corrected chi connectivity index (χ0v) is 65.6. The Morgan fingerprint density at radius 3 is 1.04 bits per heavy atom. The molecule has 33 heteroatoms. The molecule has 0 bridgehead atoms. The number of nitrogens with zero attached hydrogens (tertiary/aromatic N) is 17. The molecule has 15 rings (SSSR count). The van der Waals surface area contributed by atoms with E-state index in [2.05, 4.69) is 120 Å². The fourth-order valence-electron chi connectivity index (χ4n) is 13.2. The van der Waals surface area contributed by atoms with Crippen LogP contribution in [-0.2, 0) is 0 Å². The molecule has 3 aliphatic heterocycles. The van der Waals surface area contributed by atoms with Crippen molar-refractivity contribution in [2.45, 2.75) is 48.5 Å². The molecule has 3 aromatic carbocycles. The molecule has 0 radical (unpaired) electrons. The number of hydrogen-bond acceptors (Lipinski definition) is 24. The zero-order valence-electron chi connectivity index (χ0n) is 65.6. The first-order valence-corrected chi connectivity index (χ1v) is 37.9. The van der Waals surface area contributed by atoms with Crippen molar-refractivity contribution in [3.8, 4) is 34.9 Å². The first-order valence-electron chi connectivity index (χ1n) is 37.9. The van der Waals surface area contributed by atoms with Gasteiger partial charge in [0.1, 0.15) is 53.1 Å². The minimum atomic E-state index is -0.539. The molecule has 0 spiro atoms. The molecule has 7 N–H and O–H groups in total. The third-order valence-corrected chi connectivity index (χ3v) is 20.2. The van der Waals surface area contributed by atoms with Crippen molar-refractivity contribution in [1.82, 2.24) is 89.6 Å². The maximum atomic E-state index is 15.3. The highest BCUT2D eigenvalue weighted by Gasteiger charge is 2.30. The van der Waals surface area contributed by atoms with Gasteiger partial charge in [0, 0.05) is 169 Å². The summed E-state index contributed by atoms with van der Waals surface area (Å²) in [6.07, 6.45) is 9.22. The van der Waals surface area contributed by atoms with Crippen molar-refractivity contribution in [2.75, 3.05) is 164 Å². The molecular formula is C81H93F3N24O6. The summed E-state index contributed by atoms with van der Waals surface area (Å²) >= 11 is 0. The Hall–Kier alpha value is -12.8. The molecule has 0 unspecified atom stereocenters. The van der Waals surface area contributed by atoms with Crippen molar-refractivity contribution in [3.05, 3.63) is 180 Å². The van der Waals surface area contributed by atoms with Crippen LogP contribution in [0.3, 0.4) is 0 Å². The number of hydrogen-bond donors (Lipinski definition) is 7. The van der Waals surface area contributed by atoms with E-state index >= 15 is 13.2 Å². The van der Waals surface area contributed by atoms with Crippen LogP contribution < -0.4 is 50.2 Å². The predicted molar refractivity (Wildman–Crippen MR) is 435 cm³/mol. The first-order chi connectivity index (χ1) is 55.1. The average Bonchev–Trinajstić information content (AvgIpc) is 1.37. The van der Waals surface area contributed by atoms with Crippen LogP contribution in [-0.4, -0.2) is 235 Å². The van der Waals surface area contributed by atoms with Crippen molar-refractivity contribution in [2.24, 2.45) is 0 Å². The Bertz CT molecular complexity index is 5380. The van der Waals surface area contributed by atoms with Crippen molar-refractivity contribution < 1.29 is 41.8 Å². The van der Waals surface area contributed by atoms with E-state index in [1.165, 1.54) is 51.9 Å². The number of halogens is 3. The Morgan fingerprint density at radius 2 is 0.737 bits per heavy atom. The quantitative estimate of drug-likeness (QED) is 0.0331. The minimum Gasteiger partial charge on any atom is -0.435 e. The number of amides is 3. The van der Waals surface area contributed by atoms with Crippen LogP contribution in [0, 0.1) is 38.2 Å². The molecule has 0 aliphatic carbocycles. The number of H-pyrrole nitrogens is 3. The van der Waals surface area contributed by atoms with Crippen LogP contribution >= 0.6 is 0 Å². The van der Waals surface area contributed by atoms with E-state index in [1.807, 2.05) is 84.1 Å². The number of rotatable bonds is 22. The highest BCUT2D eigenvalue weighted by molar-refractivity contribution is 6.03. The first kappa shape index (κ1) is 79.3. The fourth-order valence-corrected chi connectivity index (χ4v) is 13.2. The standard InChI is InChI=1S/C28H33FN8O2.C27H31FN8O2.C26H29FN8O2/c1-5-35(4)28(38)24-26(34-23-10-7-19(16-30-23)37-13-11-36(6-2)12-14-37)31-17-32-27(24)39-22-9-8-21-20(25(22)29)15-18(3)33-21;1-5-35(4)27(37)23-25(33-22-9-6-18(15-29-22)36-12-10-34(3)11-13-36)30-16-31-26(23)38-21-8-7-20-19(24(21)28)14-17(2)32-20;1-4-34(3)26(36)22-24(33-21-8-5-17(14-29-21)35-11-9-28-10-12-35)30-15-31-25(22)37-20-7-6-19-18(23(20)27)13-16(2)32-19/h7-10,15-17,33H,5-6,11-14H2,1-4H3,(H,30,31,32,34);6-9,14-16,32H,5,10-13H2,1-4H3,(H,29,30,31,33);5-8,13-15,28,32H,4,9-12H2,1-3H3,(H,29,30,31,33). The Kier molecular flexibility index (Phi) is 24.9. The van der Waals surface area contributed by atoms with E-state index in [1.54, 1.807) is 69.9 Å². The number of aromatic amines is 3. The third kappa shape index (κ3) is 18.1. The Balaban J connectivity index is 0.000000149. The van der Waals surface area contributed by atoms with Gasteiger partial charge in [-0.25, -0.2) is 58.0 Å². The van der Waals surface area contributed by atoms with E-state index in [9.17, 15) is 14.4 Å². The maximum absolute atomic E-state index is 15.3. The smallest absolute Gasteiger partial charge is 0.262 e. The van der Waals surface area contributed by atoms with Gasteiger partial charge in [0.15, 0.2) is 52.2 Å². The van der Waals surface area contributed by atoms with Gasteiger partial charge in [-0.3, -0.25) is 14.4 Å². The van der Waals surface area contributed by atoms with Gasteiger partial charge < -0.3 is 89.6 Å². The van der Waals surface area contributed by atoms with Crippen LogP contribution in [0.1, 0.15) is 75.9 Å². The van der Waals surface area contributed by atoms with Gasteiger partial charge in [-0.15, -0.1) is 0 Å². The lowest BCUT2D eigenvalue weighted by Crippen LogP contribution is -2.46.